The third-order valence-electron chi connectivity index (χ3n) is 5.70. The molecule has 2 heterocycles. The maximum Gasteiger partial charge on any atom is 0.266 e. The Bertz CT molecular complexity index is 1170. The van der Waals surface area contributed by atoms with Gasteiger partial charge in [0.1, 0.15) is 12.5 Å². The Labute approximate surface area is 169 Å². The Balaban J connectivity index is 1.78. The Morgan fingerprint density at radius 1 is 1.20 bits per heavy atom. The lowest BCUT2D eigenvalue weighted by Gasteiger charge is -2.20. The summed E-state index contributed by atoms with van der Waals surface area (Å²) in [6.45, 7) is 2.65. The summed E-state index contributed by atoms with van der Waals surface area (Å²) in [4.78, 5) is 12.5. The molecule has 1 fully saturated rings. The number of hydrogen-bond donors (Lipinski definition) is 1. The van der Waals surface area contributed by atoms with Gasteiger partial charge in [0.2, 0.25) is 0 Å². The number of aryl methyl sites for hydroxylation is 1. The van der Waals surface area contributed by atoms with Gasteiger partial charge in [0.15, 0.2) is 5.82 Å². The lowest BCUT2D eigenvalue weighted by Crippen LogP contribution is -2.31. The van der Waals surface area contributed by atoms with E-state index in [4.69, 9.17) is 0 Å². The van der Waals surface area contributed by atoms with E-state index >= 15 is 0 Å². The van der Waals surface area contributed by atoms with Crippen molar-refractivity contribution >= 4 is 16.6 Å². The number of benzene rings is 1. The van der Waals surface area contributed by atoms with Crippen molar-refractivity contribution < 1.29 is 17.6 Å². The van der Waals surface area contributed by atoms with Gasteiger partial charge in [0.05, 0.1) is 22.8 Å². The number of alkyl halides is 3. The Hall–Kier alpha value is -2.97. The topological polar surface area (TPSA) is 59.8 Å². The van der Waals surface area contributed by atoms with Crippen molar-refractivity contribution in [1.82, 2.24) is 14.8 Å². The lowest BCUT2D eigenvalue weighted by atomic mass is 10.0. The first-order valence-corrected chi connectivity index (χ1v) is 9.56. The highest BCUT2D eigenvalue weighted by Gasteiger charge is 2.45. The zero-order valence-corrected chi connectivity index (χ0v) is 16.4. The molecule has 1 aromatic carbocycles. The van der Waals surface area contributed by atoms with Gasteiger partial charge in [-0.15, -0.1) is 5.10 Å². The van der Waals surface area contributed by atoms with Crippen LogP contribution in [-0.4, -0.2) is 21.4 Å². The second kappa shape index (κ2) is 7.37. The summed E-state index contributed by atoms with van der Waals surface area (Å²) >= 11 is 0. The van der Waals surface area contributed by atoms with E-state index in [2.05, 4.69) is 15.5 Å². The van der Waals surface area contributed by atoms with Crippen molar-refractivity contribution in [2.45, 2.75) is 44.7 Å². The monoisotopic (exact) mass is 420 g/mol. The maximum atomic E-state index is 14.5. The van der Waals surface area contributed by atoms with Crippen LogP contribution >= 0.6 is 0 Å². The molecule has 9 heteroatoms. The highest BCUT2D eigenvalue weighted by atomic mass is 19.3. The average molecular weight is 420 g/mol. The fourth-order valence-corrected chi connectivity index (χ4v) is 3.67. The number of rotatable bonds is 6. The highest BCUT2D eigenvalue weighted by Crippen LogP contribution is 2.43. The molecule has 158 valence electrons. The minimum Gasteiger partial charge on any atom is -0.361 e. The number of pyridine rings is 1. The van der Waals surface area contributed by atoms with Crippen LogP contribution in [0.5, 0.6) is 0 Å². The molecule has 1 N–H and O–H groups in total. The first kappa shape index (κ1) is 20.3. The van der Waals surface area contributed by atoms with Crippen molar-refractivity contribution in [1.29, 1.82) is 0 Å². The number of hydrogen-bond acceptors (Lipinski definition) is 4. The number of fused-ring (bicyclic) bond motifs is 1. The van der Waals surface area contributed by atoms with Gasteiger partial charge in [-0.3, -0.25) is 4.79 Å². The number of halogens is 4. The molecule has 0 amide bonds. The molecule has 0 spiro atoms. The molecule has 1 atom stereocenters. The molecule has 2 aromatic heterocycles. The van der Waals surface area contributed by atoms with Crippen molar-refractivity contribution in [3.8, 4) is 0 Å². The van der Waals surface area contributed by atoms with Gasteiger partial charge in [-0.05, 0) is 26.7 Å². The van der Waals surface area contributed by atoms with Crippen LogP contribution < -0.4 is 10.9 Å². The third-order valence-corrected chi connectivity index (χ3v) is 5.70. The van der Waals surface area contributed by atoms with Crippen LogP contribution in [0.25, 0.3) is 10.8 Å². The van der Waals surface area contributed by atoms with Crippen LogP contribution in [0.15, 0.2) is 35.3 Å². The van der Waals surface area contributed by atoms with Crippen molar-refractivity contribution in [3.05, 3.63) is 63.5 Å². The molecule has 0 aliphatic heterocycles. The molecule has 0 radical (unpaired) electrons. The summed E-state index contributed by atoms with van der Waals surface area (Å²) in [5, 5.41) is 12.2. The first-order valence-electron chi connectivity index (χ1n) is 9.56. The van der Waals surface area contributed by atoms with Crippen LogP contribution in [0.1, 0.15) is 49.1 Å². The average Bonchev–Trinajstić information content (AvgIpc) is 3.51. The van der Waals surface area contributed by atoms with Crippen LogP contribution in [0.4, 0.5) is 23.4 Å². The van der Waals surface area contributed by atoms with Gasteiger partial charge < -0.3 is 9.88 Å². The van der Waals surface area contributed by atoms with Crippen LogP contribution in [0.2, 0.25) is 0 Å². The van der Waals surface area contributed by atoms with E-state index in [9.17, 15) is 22.4 Å². The summed E-state index contributed by atoms with van der Waals surface area (Å²) in [6, 6.07) is 4.51. The molecule has 0 bridgehead atoms. The summed E-state index contributed by atoms with van der Waals surface area (Å²) < 4.78 is 55.5. The van der Waals surface area contributed by atoms with Crippen molar-refractivity contribution in [3.63, 3.8) is 0 Å². The highest BCUT2D eigenvalue weighted by molar-refractivity contribution is 5.92. The molecule has 0 unspecified atom stereocenters. The Kier molecular flexibility index (Phi) is 4.99. The Morgan fingerprint density at radius 3 is 2.53 bits per heavy atom. The third kappa shape index (κ3) is 3.32. The normalized spacial score (nSPS) is 16.1. The van der Waals surface area contributed by atoms with Gasteiger partial charge in [0.25, 0.3) is 12.0 Å². The summed E-state index contributed by atoms with van der Waals surface area (Å²) in [6.07, 6.45) is -0.247. The number of nitrogens with one attached hydrogen (secondary N) is 1. The predicted molar refractivity (Wildman–Crippen MR) is 105 cm³/mol. The summed E-state index contributed by atoms with van der Waals surface area (Å²) in [5.74, 6) is -0.725. The van der Waals surface area contributed by atoms with E-state index in [1.165, 1.54) is 22.8 Å². The van der Waals surface area contributed by atoms with Crippen molar-refractivity contribution in [2.75, 3.05) is 12.0 Å². The zero-order valence-electron chi connectivity index (χ0n) is 16.4. The number of nitrogens with zero attached hydrogens (tertiary/aromatic N) is 3. The quantitative estimate of drug-likeness (QED) is 0.582. The van der Waals surface area contributed by atoms with Crippen LogP contribution in [0, 0.1) is 12.7 Å². The van der Waals surface area contributed by atoms with Gasteiger partial charge in [-0.25, -0.2) is 17.6 Å². The zero-order chi connectivity index (χ0) is 21.6. The predicted octanol–water partition coefficient (Wildman–Crippen LogP) is 4.81. The van der Waals surface area contributed by atoms with E-state index < -0.39 is 36.1 Å². The summed E-state index contributed by atoms with van der Waals surface area (Å²) in [7, 11) is 0. The molecule has 5 nitrogen and oxygen atoms in total. The largest absolute Gasteiger partial charge is 0.361 e. The molecule has 1 aliphatic carbocycles. The minimum atomic E-state index is -2.93. The second-order valence-corrected chi connectivity index (χ2v) is 7.72. The molecular weight excluding hydrogens is 400 g/mol. The Morgan fingerprint density at radius 2 is 1.90 bits per heavy atom. The SMILES string of the molecule is Cc1nnc(N[C@H](C)c2cccc(C(F)F)c2F)c2cn(C3(CF)CC3)c(=O)cc12. The molecule has 3 aromatic rings. The van der Waals surface area contributed by atoms with Gasteiger partial charge in [0, 0.05) is 28.6 Å². The van der Waals surface area contributed by atoms with Crippen LogP contribution in [0.3, 0.4) is 0 Å². The van der Waals surface area contributed by atoms with Gasteiger partial charge in [-0.1, -0.05) is 18.2 Å². The molecule has 4 rings (SSSR count). The second-order valence-electron chi connectivity index (χ2n) is 7.72. The van der Waals surface area contributed by atoms with E-state index in [0.29, 0.717) is 29.3 Å². The van der Waals surface area contributed by atoms with Gasteiger partial charge >= 0.3 is 0 Å². The van der Waals surface area contributed by atoms with E-state index in [0.717, 1.165) is 6.07 Å². The van der Waals surface area contributed by atoms with E-state index in [1.807, 2.05) is 0 Å². The number of aromatic nitrogens is 3. The molecule has 0 saturated heterocycles. The fraction of sp³-hybridized carbons (Fsp3) is 0.381. The molecule has 1 aliphatic rings. The molecular formula is C21H20F4N4O. The number of anilines is 1. The standard InChI is InChI=1S/C21H20F4N4O/c1-11(13-4-3-5-14(18(13)23)19(24)25)26-20-16-9-29(21(10-22)6-7-21)17(30)8-15(16)12(2)27-28-20/h3-5,8-9,11,19H,6-7,10H2,1-2H3,(H,26,28)/t11-/m1/s1. The minimum absolute atomic E-state index is 0.0547. The van der Waals surface area contributed by atoms with Gasteiger partial charge in [-0.2, -0.15) is 5.10 Å². The molecule has 1 saturated carbocycles. The lowest BCUT2D eigenvalue weighted by molar-refractivity contribution is 0.146. The smallest absolute Gasteiger partial charge is 0.266 e. The molecule has 30 heavy (non-hydrogen) atoms. The maximum absolute atomic E-state index is 14.5. The van der Waals surface area contributed by atoms with Crippen molar-refractivity contribution in [2.24, 2.45) is 0 Å². The first-order chi connectivity index (χ1) is 14.3. The van der Waals surface area contributed by atoms with Crippen LogP contribution in [-0.2, 0) is 5.54 Å². The summed E-state index contributed by atoms with van der Waals surface area (Å²) in [5.41, 5.74) is -1.26. The van der Waals surface area contributed by atoms with E-state index in [1.54, 1.807) is 20.0 Å². The van der Waals surface area contributed by atoms with E-state index in [-0.39, 0.29) is 16.9 Å². The fourth-order valence-electron chi connectivity index (χ4n) is 3.67.